The molecule has 0 unspecified atom stereocenters. The highest BCUT2D eigenvalue weighted by atomic mass is 32.1. The molecule has 0 atom stereocenters. The highest BCUT2D eigenvalue weighted by Crippen LogP contribution is 2.27. The van der Waals surface area contributed by atoms with Crippen molar-refractivity contribution < 1.29 is 4.74 Å². The second kappa shape index (κ2) is 5.95. The summed E-state index contributed by atoms with van der Waals surface area (Å²) >= 11 is 1.41. The smallest absolute Gasteiger partial charge is 0.229 e. The number of hydrogen-bond donors (Lipinski definition) is 0. The predicted molar refractivity (Wildman–Crippen MR) is 82.8 cm³/mol. The van der Waals surface area contributed by atoms with Crippen LogP contribution in [0.15, 0.2) is 11.7 Å². The first-order valence-electron chi connectivity index (χ1n) is 6.88. The summed E-state index contributed by atoms with van der Waals surface area (Å²) in [5.74, 6) is 1.70. The lowest BCUT2D eigenvalue weighted by Gasteiger charge is -2.28. The summed E-state index contributed by atoms with van der Waals surface area (Å²) in [4.78, 5) is 13.4. The molecule has 0 radical (unpaired) electrons. The zero-order valence-electron chi connectivity index (χ0n) is 12.5. The molecule has 0 saturated carbocycles. The molecule has 21 heavy (non-hydrogen) atoms. The van der Waals surface area contributed by atoms with Gasteiger partial charge in [-0.05, 0) is 18.6 Å². The third-order valence-corrected chi connectivity index (χ3v) is 4.40. The van der Waals surface area contributed by atoms with Gasteiger partial charge in [-0.15, -0.1) is 0 Å². The van der Waals surface area contributed by atoms with Crippen molar-refractivity contribution in [1.82, 2.24) is 19.2 Å². The minimum absolute atomic E-state index is 0.701. The van der Waals surface area contributed by atoms with Gasteiger partial charge in [0.2, 0.25) is 5.88 Å². The lowest BCUT2D eigenvalue weighted by Crippen LogP contribution is -2.30. The van der Waals surface area contributed by atoms with E-state index in [4.69, 9.17) is 4.74 Å². The largest absolute Gasteiger partial charge is 0.480 e. The van der Waals surface area contributed by atoms with Crippen molar-refractivity contribution in [3.05, 3.63) is 28.5 Å². The van der Waals surface area contributed by atoms with Gasteiger partial charge in [-0.3, -0.25) is 0 Å². The monoisotopic (exact) mass is 305 g/mol. The summed E-state index contributed by atoms with van der Waals surface area (Å²) in [5.41, 5.74) is 3.48. The molecule has 0 amide bonds. The summed E-state index contributed by atoms with van der Waals surface area (Å²) in [6, 6.07) is 0. The maximum absolute atomic E-state index is 5.28. The van der Waals surface area contributed by atoms with E-state index in [0.717, 1.165) is 37.4 Å². The number of ether oxygens (including phenoxy) is 1. The molecule has 112 valence electrons. The molecule has 0 bridgehead atoms. The summed E-state index contributed by atoms with van der Waals surface area (Å²) in [6.07, 6.45) is 2.65. The van der Waals surface area contributed by atoms with Crippen LogP contribution in [0, 0.1) is 0 Å². The van der Waals surface area contributed by atoms with E-state index >= 15 is 0 Å². The molecule has 0 aliphatic carbocycles. The van der Waals surface area contributed by atoms with Gasteiger partial charge in [0.25, 0.3) is 0 Å². The number of fused-ring (bicyclic) bond motifs is 1. The van der Waals surface area contributed by atoms with Crippen molar-refractivity contribution in [2.45, 2.75) is 19.5 Å². The number of hydrogen-bond acceptors (Lipinski definition) is 7. The van der Waals surface area contributed by atoms with Crippen molar-refractivity contribution in [1.29, 1.82) is 0 Å². The van der Waals surface area contributed by atoms with E-state index in [-0.39, 0.29) is 0 Å². The second-order valence-corrected chi connectivity index (χ2v) is 5.94. The Bertz CT molecular complexity index is 630. The van der Waals surface area contributed by atoms with Crippen LogP contribution >= 0.6 is 11.5 Å². The van der Waals surface area contributed by atoms with E-state index in [1.807, 2.05) is 12.4 Å². The third kappa shape index (κ3) is 2.84. The maximum atomic E-state index is 5.28. The van der Waals surface area contributed by atoms with Gasteiger partial charge >= 0.3 is 0 Å². The Labute approximate surface area is 128 Å². The van der Waals surface area contributed by atoms with Crippen molar-refractivity contribution in [2.24, 2.45) is 0 Å². The topological polar surface area (TPSA) is 54.4 Å². The van der Waals surface area contributed by atoms with Crippen LogP contribution in [0.5, 0.6) is 5.88 Å². The van der Waals surface area contributed by atoms with Crippen LogP contribution in [0.2, 0.25) is 0 Å². The maximum Gasteiger partial charge on any atom is 0.229 e. The van der Waals surface area contributed by atoms with Gasteiger partial charge in [0.05, 0.1) is 19.3 Å². The molecule has 2 aromatic rings. The van der Waals surface area contributed by atoms with Crippen LogP contribution < -0.4 is 9.64 Å². The molecule has 2 aromatic heterocycles. The first-order valence-corrected chi connectivity index (χ1v) is 7.72. The first-order chi connectivity index (χ1) is 10.2. The molecular formula is C14H19N5OS. The summed E-state index contributed by atoms with van der Waals surface area (Å²) < 4.78 is 9.52. The van der Waals surface area contributed by atoms with E-state index in [0.29, 0.717) is 5.88 Å². The lowest BCUT2D eigenvalue weighted by molar-refractivity contribution is 0.309. The Balaban J connectivity index is 1.86. The van der Waals surface area contributed by atoms with Crippen LogP contribution in [0.3, 0.4) is 0 Å². The van der Waals surface area contributed by atoms with Gasteiger partial charge in [-0.25, -0.2) is 9.97 Å². The highest BCUT2D eigenvalue weighted by Gasteiger charge is 2.21. The molecule has 6 nitrogen and oxygen atoms in total. The Hall–Kier alpha value is -1.73. The van der Waals surface area contributed by atoms with Crippen molar-refractivity contribution >= 4 is 17.4 Å². The molecule has 1 aliphatic rings. The zero-order chi connectivity index (χ0) is 14.8. The molecule has 1 aliphatic heterocycles. The van der Waals surface area contributed by atoms with Gasteiger partial charge in [0.1, 0.15) is 12.1 Å². The molecule has 0 fully saturated rings. The van der Waals surface area contributed by atoms with Crippen LogP contribution in [0.1, 0.15) is 16.8 Å². The third-order valence-electron chi connectivity index (χ3n) is 3.74. The molecule has 0 saturated heterocycles. The number of aromatic nitrogens is 3. The van der Waals surface area contributed by atoms with Crippen molar-refractivity contribution in [3.8, 4) is 5.88 Å². The minimum Gasteiger partial charge on any atom is -0.480 e. The number of methoxy groups -OCH3 is 1. The molecule has 7 heteroatoms. The molecule has 3 rings (SSSR count). The van der Waals surface area contributed by atoms with Crippen LogP contribution in [-0.4, -0.2) is 47.0 Å². The van der Waals surface area contributed by atoms with Crippen molar-refractivity contribution in [2.75, 3.05) is 32.6 Å². The SMILES string of the molecule is COc1nscc1CN(C)c1ncnc2c1CN(C)CC2. The second-order valence-electron chi connectivity index (χ2n) is 5.32. The number of anilines is 1. The van der Waals surface area contributed by atoms with Crippen LogP contribution in [-0.2, 0) is 19.5 Å². The lowest BCUT2D eigenvalue weighted by atomic mass is 10.1. The fourth-order valence-electron chi connectivity index (χ4n) is 2.64. The minimum atomic E-state index is 0.701. The molecular weight excluding hydrogens is 286 g/mol. The normalized spacial score (nSPS) is 14.8. The van der Waals surface area contributed by atoms with Gasteiger partial charge in [-0.1, -0.05) is 0 Å². The summed E-state index contributed by atoms with van der Waals surface area (Å²) in [7, 11) is 5.83. The predicted octanol–water partition coefficient (Wildman–Crippen LogP) is 1.57. The van der Waals surface area contributed by atoms with Gasteiger partial charge in [0, 0.05) is 43.1 Å². The Morgan fingerprint density at radius 1 is 1.43 bits per heavy atom. The van der Waals surface area contributed by atoms with E-state index in [9.17, 15) is 0 Å². The van der Waals surface area contributed by atoms with Crippen LogP contribution in [0.4, 0.5) is 5.82 Å². The average molecular weight is 305 g/mol. The molecule has 0 spiro atoms. The van der Waals surface area contributed by atoms with E-state index in [2.05, 4.69) is 31.2 Å². The summed E-state index contributed by atoms with van der Waals surface area (Å²) in [5, 5.41) is 2.02. The van der Waals surface area contributed by atoms with E-state index in [1.54, 1.807) is 13.4 Å². The van der Waals surface area contributed by atoms with E-state index < -0.39 is 0 Å². The molecule has 0 aromatic carbocycles. The number of nitrogens with zero attached hydrogens (tertiary/aromatic N) is 5. The van der Waals surface area contributed by atoms with Gasteiger partial charge in [-0.2, -0.15) is 4.37 Å². The average Bonchev–Trinajstić information content (AvgIpc) is 2.93. The van der Waals surface area contributed by atoms with Crippen LogP contribution in [0.25, 0.3) is 0 Å². The number of likely N-dealkylation sites (N-methyl/N-ethyl adjacent to an activating group) is 1. The fraction of sp³-hybridized carbons (Fsp3) is 0.500. The van der Waals surface area contributed by atoms with Gasteiger partial charge < -0.3 is 14.5 Å². The number of rotatable bonds is 4. The molecule has 3 heterocycles. The standard InChI is InChI=1S/C14H19N5OS/c1-18-5-4-12-11(7-18)13(16-9-15-12)19(2)6-10-8-21-17-14(10)20-3/h8-9H,4-7H2,1-3H3. The zero-order valence-corrected chi connectivity index (χ0v) is 13.4. The van der Waals surface area contributed by atoms with E-state index in [1.165, 1.54) is 22.8 Å². The van der Waals surface area contributed by atoms with Crippen molar-refractivity contribution in [3.63, 3.8) is 0 Å². The Morgan fingerprint density at radius 3 is 3.10 bits per heavy atom. The first kappa shape index (κ1) is 14.2. The molecule has 0 N–H and O–H groups in total. The Kier molecular flexibility index (Phi) is 4.03. The highest BCUT2D eigenvalue weighted by molar-refractivity contribution is 7.03. The van der Waals surface area contributed by atoms with Gasteiger partial charge in [0.15, 0.2) is 0 Å². The quantitative estimate of drug-likeness (QED) is 0.854. The summed E-state index contributed by atoms with van der Waals surface area (Å²) in [6.45, 7) is 2.68. The fourth-order valence-corrected chi connectivity index (χ4v) is 3.28. The Morgan fingerprint density at radius 2 is 2.29 bits per heavy atom.